The van der Waals surface area contributed by atoms with Gasteiger partial charge in [-0.15, -0.1) is 0 Å². The minimum Gasteiger partial charge on any atom is -0.237 e. The molecule has 0 saturated carbocycles. The Hall–Kier alpha value is -2.03. The number of benzene rings is 1. The van der Waals surface area contributed by atoms with E-state index < -0.39 is 0 Å². The first-order chi connectivity index (χ1) is 7.75. The van der Waals surface area contributed by atoms with E-state index in [1.165, 1.54) is 0 Å². The number of rotatable bonds is 3. The molecule has 0 aliphatic heterocycles. The maximum Gasteiger partial charge on any atom is 0.159 e. The number of aromatic nitrogens is 2. The molecule has 0 aliphatic rings. The topological polar surface area (TPSA) is 25.8 Å². The quantitative estimate of drug-likeness (QED) is 0.784. The van der Waals surface area contributed by atoms with Gasteiger partial charge in [0.15, 0.2) is 5.82 Å². The van der Waals surface area contributed by atoms with Crippen LogP contribution in [0, 0.1) is 0 Å². The van der Waals surface area contributed by atoms with Gasteiger partial charge in [-0.2, -0.15) is 0 Å². The van der Waals surface area contributed by atoms with Crippen LogP contribution in [0.25, 0.3) is 11.4 Å². The zero-order chi connectivity index (χ0) is 11.4. The van der Waals surface area contributed by atoms with Gasteiger partial charge in [0, 0.05) is 24.4 Å². The Morgan fingerprint density at radius 1 is 1.12 bits per heavy atom. The average molecular weight is 214 g/mol. The van der Waals surface area contributed by atoms with Gasteiger partial charge in [0.1, 0.15) is 0 Å². The van der Waals surface area contributed by atoms with Crippen molar-refractivity contribution in [1.82, 2.24) is 9.97 Å². The number of halogens is 1. The molecule has 0 unspecified atom stereocenters. The largest absolute Gasteiger partial charge is 0.237 e. The third-order valence-electron chi connectivity index (χ3n) is 2.17. The normalized spacial score (nSPS) is 10.1. The molecule has 0 bridgehead atoms. The molecule has 2 aromatic rings. The van der Waals surface area contributed by atoms with Crippen LogP contribution in [-0.4, -0.2) is 9.97 Å². The van der Waals surface area contributed by atoms with Crippen molar-refractivity contribution in [3.05, 3.63) is 60.7 Å². The Kier molecular flexibility index (Phi) is 3.05. The van der Waals surface area contributed by atoms with E-state index in [0.29, 0.717) is 5.82 Å². The van der Waals surface area contributed by atoms with Gasteiger partial charge in [-0.1, -0.05) is 30.8 Å². The van der Waals surface area contributed by atoms with Gasteiger partial charge in [0.25, 0.3) is 0 Å². The Balaban J connectivity index is 2.23. The van der Waals surface area contributed by atoms with E-state index in [9.17, 15) is 4.39 Å². The summed E-state index contributed by atoms with van der Waals surface area (Å²) in [6.07, 6.45) is 3.65. The van der Waals surface area contributed by atoms with Crippen LogP contribution >= 0.6 is 0 Å². The lowest BCUT2D eigenvalue weighted by atomic mass is 10.1. The molecule has 0 N–H and O–H groups in total. The van der Waals surface area contributed by atoms with E-state index in [1.807, 2.05) is 24.3 Å². The Labute approximate surface area is 93.5 Å². The Morgan fingerprint density at radius 2 is 1.75 bits per heavy atom. The molecule has 1 heterocycles. The van der Waals surface area contributed by atoms with Crippen molar-refractivity contribution in [3.8, 4) is 11.4 Å². The van der Waals surface area contributed by atoms with Crippen LogP contribution in [0.3, 0.4) is 0 Å². The molecule has 0 fully saturated rings. The zero-order valence-corrected chi connectivity index (χ0v) is 8.73. The molecular weight excluding hydrogens is 203 g/mol. The molecule has 2 nitrogen and oxygen atoms in total. The molecule has 0 aliphatic carbocycles. The highest BCUT2D eigenvalue weighted by Gasteiger charge is 2.00. The predicted molar refractivity (Wildman–Crippen MR) is 61.4 cm³/mol. The number of nitrogens with zero attached hydrogens (tertiary/aromatic N) is 2. The van der Waals surface area contributed by atoms with Crippen molar-refractivity contribution in [3.63, 3.8) is 0 Å². The van der Waals surface area contributed by atoms with Crippen molar-refractivity contribution in [1.29, 1.82) is 0 Å². The summed E-state index contributed by atoms with van der Waals surface area (Å²) in [5.41, 5.74) is 1.82. The molecule has 0 radical (unpaired) electrons. The van der Waals surface area contributed by atoms with Gasteiger partial charge in [0.2, 0.25) is 0 Å². The molecule has 0 spiro atoms. The van der Waals surface area contributed by atoms with Crippen LogP contribution in [0.4, 0.5) is 4.39 Å². The van der Waals surface area contributed by atoms with Crippen LogP contribution in [0.2, 0.25) is 0 Å². The molecule has 16 heavy (non-hydrogen) atoms. The smallest absolute Gasteiger partial charge is 0.159 e. The van der Waals surface area contributed by atoms with Gasteiger partial charge < -0.3 is 0 Å². The minimum absolute atomic E-state index is 0.260. The summed E-state index contributed by atoms with van der Waals surface area (Å²) in [5.74, 6) is 0.344. The summed E-state index contributed by atoms with van der Waals surface area (Å²) in [5, 5.41) is 0. The van der Waals surface area contributed by atoms with Crippen molar-refractivity contribution in [2.24, 2.45) is 0 Å². The summed E-state index contributed by atoms with van der Waals surface area (Å²) in [6, 6.07) is 9.25. The molecule has 1 aromatic heterocycles. The highest BCUT2D eigenvalue weighted by atomic mass is 19.1. The predicted octanol–water partition coefficient (Wildman–Crippen LogP) is 3.17. The molecule has 0 saturated heterocycles. The highest BCUT2D eigenvalue weighted by Crippen LogP contribution is 2.16. The van der Waals surface area contributed by atoms with E-state index >= 15 is 0 Å². The van der Waals surface area contributed by atoms with Crippen LogP contribution in [0.1, 0.15) is 5.56 Å². The second-order valence-corrected chi connectivity index (χ2v) is 3.46. The van der Waals surface area contributed by atoms with Gasteiger partial charge in [0.05, 0.1) is 5.83 Å². The summed E-state index contributed by atoms with van der Waals surface area (Å²) in [6.45, 7) is 3.24. The lowest BCUT2D eigenvalue weighted by Crippen LogP contribution is -1.88. The summed E-state index contributed by atoms with van der Waals surface area (Å²) in [7, 11) is 0. The van der Waals surface area contributed by atoms with E-state index in [2.05, 4.69) is 16.5 Å². The lowest BCUT2D eigenvalue weighted by molar-refractivity contribution is 0.617. The standard InChI is InChI=1S/C13H11FN2/c1-10(14)9-11-3-5-12(6-4-11)13-15-7-2-8-16-13/h2-8H,1,9H2. The van der Waals surface area contributed by atoms with E-state index in [-0.39, 0.29) is 12.2 Å². The molecule has 0 amide bonds. The van der Waals surface area contributed by atoms with Crippen molar-refractivity contribution < 1.29 is 4.39 Å². The van der Waals surface area contributed by atoms with Gasteiger partial charge in [-0.25, -0.2) is 14.4 Å². The Bertz CT molecular complexity index is 477. The fourth-order valence-electron chi connectivity index (χ4n) is 1.44. The van der Waals surface area contributed by atoms with Crippen LogP contribution < -0.4 is 0 Å². The molecule has 0 atom stereocenters. The third kappa shape index (κ3) is 2.51. The monoisotopic (exact) mass is 214 g/mol. The molecule has 80 valence electrons. The maximum absolute atomic E-state index is 12.6. The van der Waals surface area contributed by atoms with Crippen LogP contribution in [0.15, 0.2) is 55.1 Å². The number of hydrogen-bond donors (Lipinski definition) is 0. The van der Waals surface area contributed by atoms with Crippen LogP contribution in [0.5, 0.6) is 0 Å². The third-order valence-corrected chi connectivity index (χ3v) is 2.17. The molecule has 1 aromatic carbocycles. The molecular formula is C13H11FN2. The van der Waals surface area contributed by atoms with Gasteiger partial charge in [-0.05, 0) is 11.6 Å². The number of allylic oxidation sites excluding steroid dienone is 1. The first-order valence-electron chi connectivity index (χ1n) is 4.95. The minimum atomic E-state index is -0.330. The van der Waals surface area contributed by atoms with E-state index in [0.717, 1.165) is 11.1 Å². The van der Waals surface area contributed by atoms with Crippen molar-refractivity contribution in [2.75, 3.05) is 0 Å². The second-order valence-electron chi connectivity index (χ2n) is 3.46. The van der Waals surface area contributed by atoms with Crippen LogP contribution in [-0.2, 0) is 6.42 Å². The zero-order valence-electron chi connectivity index (χ0n) is 8.73. The van der Waals surface area contributed by atoms with E-state index in [1.54, 1.807) is 18.5 Å². The second kappa shape index (κ2) is 4.66. The molecule has 3 heteroatoms. The fourth-order valence-corrected chi connectivity index (χ4v) is 1.44. The van der Waals surface area contributed by atoms with E-state index in [4.69, 9.17) is 0 Å². The van der Waals surface area contributed by atoms with Gasteiger partial charge in [-0.3, -0.25) is 0 Å². The summed E-state index contributed by atoms with van der Waals surface area (Å²) >= 11 is 0. The highest BCUT2D eigenvalue weighted by molar-refractivity contribution is 5.54. The number of hydrogen-bond acceptors (Lipinski definition) is 2. The fraction of sp³-hybridized carbons (Fsp3) is 0.0769. The average Bonchev–Trinajstić information content (AvgIpc) is 2.30. The first kappa shape index (κ1) is 10.5. The Morgan fingerprint density at radius 3 is 2.31 bits per heavy atom. The maximum atomic E-state index is 12.6. The first-order valence-corrected chi connectivity index (χ1v) is 4.95. The summed E-state index contributed by atoms with van der Waals surface area (Å²) in [4.78, 5) is 8.27. The summed E-state index contributed by atoms with van der Waals surface area (Å²) < 4.78 is 12.6. The van der Waals surface area contributed by atoms with Crippen molar-refractivity contribution in [2.45, 2.75) is 6.42 Å². The SMILES string of the molecule is C=C(F)Cc1ccc(-c2ncccn2)cc1. The molecule has 2 rings (SSSR count). The van der Waals surface area contributed by atoms with Gasteiger partial charge >= 0.3 is 0 Å². The lowest BCUT2D eigenvalue weighted by Gasteiger charge is -2.01. The van der Waals surface area contributed by atoms with Crippen molar-refractivity contribution >= 4 is 0 Å².